The third kappa shape index (κ3) is 5.03. The molecule has 0 N–H and O–H groups in total. The highest BCUT2D eigenvalue weighted by atomic mass is 35.5. The molecular formula is C21H18ClN3O5. The Morgan fingerprint density at radius 3 is 2.67 bits per heavy atom. The van der Waals surface area contributed by atoms with Crippen molar-refractivity contribution in [1.29, 1.82) is 0 Å². The molecule has 8 nitrogen and oxygen atoms in total. The lowest BCUT2D eigenvalue weighted by molar-refractivity contribution is -0.385. The molecule has 0 aliphatic heterocycles. The van der Waals surface area contributed by atoms with Gasteiger partial charge >= 0.3 is 5.69 Å². The average Bonchev–Trinajstić information content (AvgIpc) is 3.14. The number of benzene rings is 2. The summed E-state index contributed by atoms with van der Waals surface area (Å²) in [7, 11) is 3.07. The quantitative estimate of drug-likeness (QED) is 0.228. The number of aromatic nitrogens is 2. The summed E-state index contributed by atoms with van der Waals surface area (Å²) >= 11 is 5.88. The predicted molar refractivity (Wildman–Crippen MR) is 112 cm³/mol. The lowest BCUT2D eigenvalue weighted by Crippen LogP contribution is -2.01. The second-order valence-electron chi connectivity index (χ2n) is 6.31. The minimum absolute atomic E-state index is 0.210. The predicted octanol–water partition coefficient (Wildman–Crippen LogP) is 4.47. The van der Waals surface area contributed by atoms with Gasteiger partial charge in [-0.3, -0.25) is 19.6 Å². The maximum atomic E-state index is 12.4. The average molecular weight is 428 g/mol. The van der Waals surface area contributed by atoms with Crippen molar-refractivity contribution in [3.63, 3.8) is 0 Å². The standard InChI is InChI=1S/C21H18ClN3O5/c1-24-12-18(25(27)28)21(23-24)19(26)9-3-14-4-10-20(29-2)15(11-14)13-30-17-7-5-16(22)6-8-17/h3-12H,13H2,1-2H3/b9-3+. The van der Waals surface area contributed by atoms with Gasteiger partial charge in [0, 0.05) is 17.6 Å². The van der Waals surface area contributed by atoms with Gasteiger partial charge in [0.05, 0.1) is 12.0 Å². The molecule has 9 heteroatoms. The number of allylic oxidation sites excluding steroid dienone is 1. The molecule has 1 heterocycles. The van der Waals surface area contributed by atoms with Crippen LogP contribution in [-0.4, -0.2) is 27.6 Å². The van der Waals surface area contributed by atoms with Gasteiger partial charge in [0.15, 0.2) is 0 Å². The number of ether oxygens (including phenoxy) is 2. The van der Waals surface area contributed by atoms with Crippen LogP contribution in [-0.2, 0) is 13.7 Å². The Bertz CT molecular complexity index is 1110. The van der Waals surface area contributed by atoms with E-state index < -0.39 is 10.7 Å². The van der Waals surface area contributed by atoms with Gasteiger partial charge in [-0.15, -0.1) is 0 Å². The summed E-state index contributed by atoms with van der Waals surface area (Å²) in [6, 6.07) is 12.3. The van der Waals surface area contributed by atoms with Crippen molar-refractivity contribution >= 4 is 29.1 Å². The Morgan fingerprint density at radius 1 is 1.27 bits per heavy atom. The number of ketones is 1. The van der Waals surface area contributed by atoms with Crippen LogP contribution in [0, 0.1) is 10.1 Å². The van der Waals surface area contributed by atoms with Gasteiger partial charge in [-0.1, -0.05) is 23.7 Å². The number of carbonyl (C=O) groups excluding carboxylic acids is 1. The van der Waals surface area contributed by atoms with E-state index in [9.17, 15) is 14.9 Å². The van der Waals surface area contributed by atoms with E-state index in [1.165, 1.54) is 24.0 Å². The topological polar surface area (TPSA) is 96.5 Å². The summed E-state index contributed by atoms with van der Waals surface area (Å²) in [5, 5.41) is 15.6. The molecule has 0 saturated carbocycles. The van der Waals surface area contributed by atoms with Crippen molar-refractivity contribution in [2.24, 2.45) is 7.05 Å². The maximum Gasteiger partial charge on any atom is 0.318 e. The highest BCUT2D eigenvalue weighted by molar-refractivity contribution is 6.30. The minimum Gasteiger partial charge on any atom is -0.496 e. The van der Waals surface area contributed by atoms with Crippen molar-refractivity contribution in [2.45, 2.75) is 6.61 Å². The van der Waals surface area contributed by atoms with Crippen molar-refractivity contribution < 1.29 is 19.2 Å². The number of aryl methyl sites for hydroxylation is 1. The van der Waals surface area contributed by atoms with Gasteiger partial charge in [-0.25, -0.2) is 0 Å². The van der Waals surface area contributed by atoms with E-state index in [2.05, 4.69) is 5.10 Å². The van der Waals surface area contributed by atoms with E-state index in [1.807, 2.05) is 6.07 Å². The summed E-state index contributed by atoms with van der Waals surface area (Å²) in [6.45, 7) is 0.242. The fourth-order valence-corrected chi connectivity index (χ4v) is 2.87. The highest BCUT2D eigenvalue weighted by Gasteiger charge is 2.23. The number of hydrogen-bond donors (Lipinski definition) is 0. The highest BCUT2D eigenvalue weighted by Crippen LogP contribution is 2.24. The number of carbonyl (C=O) groups is 1. The Kier molecular flexibility index (Phi) is 6.48. The first-order valence-corrected chi connectivity index (χ1v) is 9.21. The SMILES string of the molecule is COc1ccc(/C=C/C(=O)c2nn(C)cc2[N+](=O)[O-])cc1COc1ccc(Cl)cc1. The number of methoxy groups -OCH3 is 1. The summed E-state index contributed by atoms with van der Waals surface area (Å²) in [6.07, 6.45) is 4.01. The molecule has 0 atom stereocenters. The molecule has 0 bridgehead atoms. The molecule has 3 aromatic rings. The van der Waals surface area contributed by atoms with Crippen molar-refractivity contribution in [1.82, 2.24) is 9.78 Å². The lowest BCUT2D eigenvalue weighted by Gasteiger charge is -2.11. The minimum atomic E-state index is -0.631. The van der Waals surface area contributed by atoms with Crippen LogP contribution >= 0.6 is 11.6 Å². The van der Waals surface area contributed by atoms with Crippen LogP contribution in [0.2, 0.25) is 5.02 Å². The summed E-state index contributed by atoms with van der Waals surface area (Å²) in [5.74, 6) is 0.727. The molecule has 0 spiro atoms. The Morgan fingerprint density at radius 2 is 2.00 bits per heavy atom. The van der Waals surface area contributed by atoms with E-state index >= 15 is 0 Å². The Hall–Kier alpha value is -3.65. The fraction of sp³-hybridized carbons (Fsp3) is 0.143. The van der Waals surface area contributed by atoms with Gasteiger partial charge < -0.3 is 9.47 Å². The van der Waals surface area contributed by atoms with Crippen molar-refractivity contribution in [3.8, 4) is 11.5 Å². The second-order valence-corrected chi connectivity index (χ2v) is 6.74. The number of nitrogens with zero attached hydrogens (tertiary/aromatic N) is 3. The van der Waals surface area contributed by atoms with Crippen molar-refractivity contribution in [3.05, 3.63) is 86.7 Å². The molecule has 0 fully saturated rings. The smallest absolute Gasteiger partial charge is 0.318 e. The zero-order chi connectivity index (χ0) is 21.7. The second kappa shape index (κ2) is 9.23. The van der Waals surface area contributed by atoms with Gasteiger partial charge in [-0.2, -0.15) is 5.10 Å². The summed E-state index contributed by atoms with van der Waals surface area (Å²) < 4.78 is 12.4. The number of hydrogen-bond acceptors (Lipinski definition) is 6. The van der Waals surface area contributed by atoms with Crippen LogP contribution in [0.1, 0.15) is 21.6 Å². The van der Waals surface area contributed by atoms with Crippen LogP contribution in [0.5, 0.6) is 11.5 Å². The number of halogens is 1. The molecule has 0 radical (unpaired) electrons. The molecule has 0 saturated heterocycles. The molecule has 2 aromatic carbocycles. The van der Waals surface area contributed by atoms with Crippen LogP contribution in [0.4, 0.5) is 5.69 Å². The fourth-order valence-electron chi connectivity index (χ4n) is 2.74. The Balaban J connectivity index is 1.78. The van der Waals surface area contributed by atoms with Gasteiger partial charge in [0.2, 0.25) is 11.5 Å². The first-order chi connectivity index (χ1) is 14.4. The molecule has 0 aliphatic rings. The molecule has 1 aromatic heterocycles. The third-order valence-electron chi connectivity index (χ3n) is 4.18. The van der Waals surface area contributed by atoms with Crippen LogP contribution in [0.25, 0.3) is 6.08 Å². The maximum absolute atomic E-state index is 12.4. The third-order valence-corrected chi connectivity index (χ3v) is 4.43. The number of nitro groups is 1. The van der Waals surface area contributed by atoms with E-state index in [-0.39, 0.29) is 18.0 Å². The van der Waals surface area contributed by atoms with E-state index in [1.54, 1.807) is 49.6 Å². The zero-order valence-corrected chi connectivity index (χ0v) is 17.0. The molecule has 154 valence electrons. The summed E-state index contributed by atoms with van der Waals surface area (Å²) in [4.78, 5) is 22.8. The lowest BCUT2D eigenvalue weighted by atomic mass is 10.1. The van der Waals surface area contributed by atoms with Gasteiger partial charge in [0.25, 0.3) is 0 Å². The largest absolute Gasteiger partial charge is 0.496 e. The first-order valence-electron chi connectivity index (χ1n) is 8.83. The zero-order valence-electron chi connectivity index (χ0n) is 16.2. The Labute approximate surface area is 177 Å². The molecule has 0 aliphatic carbocycles. The molecule has 30 heavy (non-hydrogen) atoms. The molecule has 0 amide bonds. The molecular weight excluding hydrogens is 410 g/mol. The summed E-state index contributed by atoms with van der Waals surface area (Å²) in [5.41, 5.74) is 0.931. The van der Waals surface area contributed by atoms with Gasteiger partial charge in [-0.05, 0) is 48.0 Å². The van der Waals surface area contributed by atoms with Crippen LogP contribution in [0.15, 0.2) is 54.7 Å². The monoisotopic (exact) mass is 427 g/mol. The molecule has 3 rings (SSSR count). The number of rotatable bonds is 8. The van der Waals surface area contributed by atoms with E-state index in [4.69, 9.17) is 21.1 Å². The van der Waals surface area contributed by atoms with Gasteiger partial charge in [0.1, 0.15) is 24.3 Å². The van der Waals surface area contributed by atoms with E-state index in [0.29, 0.717) is 22.1 Å². The van der Waals surface area contributed by atoms with Crippen LogP contribution in [0.3, 0.4) is 0 Å². The van der Waals surface area contributed by atoms with Crippen molar-refractivity contribution in [2.75, 3.05) is 7.11 Å². The van der Waals surface area contributed by atoms with Crippen LogP contribution < -0.4 is 9.47 Å². The first kappa shape index (κ1) is 21.1. The normalized spacial score (nSPS) is 10.9. The molecule has 0 unspecified atom stereocenters. The van der Waals surface area contributed by atoms with E-state index in [0.717, 1.165) is 5.56 Å².